The van der Waals surface area contributed by atoms with Gasteiger partial charge in [0.2, 0.25) is 0 Å². The smallest absolute Gasteiger partial charge is 0.358 e. The largest absolute Gasteiger partial charge is 0.497 e. The van der Waals surface area contributed by atoms with Crippen LogP contribution in [0, 0.1) is 0 Å². The highest BCUT2D eigenvalue weighted by Gasteiger charge is 2.11. The summed E-state index contributed by atoms with van der Waals surface area (Å²) in [7, 11) is 3.13. The molecule has 1 N–H and O–H groups in total. The van der Waals surface area contributed by atoms with Gasteiger partial charge < -0.3 is 14.6 Å². The van der Waals surface area contributed by atoms with Gasteiger partial charge >= 0.3 is 5.97 Å². The molecule has 0 radical (unpaired) electrons. The van der Waals surface area contributed by atoms with Crippen molar-refractivity contribution in [3.63, 3.8) is 0 Å². The van der Waals surface area contributed by atoms with Crippen LogP contribution in [0.3, 0.4) is 0 Å². The Morgan fingerprint density at radius 2 is 2.16 bits per heavy atom. The van der Waals surface area contributed by atoms with Crippen LogP contribution < -0.4 is 9.47 Å². The monoisotopic (exact) mass is 263 g/mol. The van der Waals surface area contributed by atoms with Gasteiger partial charge in [-0.25, -0.2) is 4.79 Å². The Balaban J connectivity index is 2.24. The molecule has 0 unspecified atom stereocenters. The summed E-state index contributed by atoms with van der Waals surface area (Å²) in [6, 6.07) is 5.36. The van der Waals surface area contributed by atoms with Crippen LogP contribution in [0.25, 0.3) is 0 Å². The van der Waals surface area contributed by atoms with E-state index in [1.54, 1.807) is 26.4 Å². The summed E-state index contributed by atoms with van der Waals surface area (Å²) < 4.78 is 10.4. The molecular formula is C12H13N3O4. The number of hydrogen-bond acceptors (Lipinski definition) is 5. The first-order chi connectivity index (χ1) is 9.13. The minimum absolute atomic E-state index is 0.0903. The average Bonchev–Trinajstić information content (AvgIpc) is 2.88. The van der Waals surface area contributed by atoms with Gasteiger partial charge in [0.15, 0.2) is 5.69 Å². The molecule has 1 aromatic carbocycles. The molecule has 0 spiro atoms. The number of aromatic carboxylic acids is 1. The number of methoxy groups -OCH3 is 2. The molecule has 7 heteroatoms. The van der Waals surface area contributed by atoms with Gasteiger partial charge in [-0.05, 0) is 12.1 Å². The number of ether oxygens (including phenoxy) is 2. The third-order valence-corrected chi connectivity index (χ3v) is 2.56. The third-order valence-electron chi connectivity index (χ3n) is 2.56. The van der Waals surface area contributed by atoms with Crippen LogP contribution in [0.15, 0.2) is 24.4 Å². The highest BCUT2D eigenvalue weighted by atomic mass is 16.5. The normalized spacial score (nSPS) is 10.2. The van der Waals surface area contributed by atoms with Crippen LogP contribution in [0.1, 0.15) is 16.1 Å². The number of carboxylic acid groups (broad SMARTS) is 1. The second kappa shape index (κ2) is 5.38. The summed E-state index contributed by atoms with van der Waals surface area (Å²) in [6.45, 7) is 0.320. The number of nitrogens with zero attached hydrogens (tertiary/aromatic N) is 3. The van der Waals surface area contributed by atoms with Gasteiger partial charge in [-0.1, -0.05) is 0 Å². The van der Waals surface area contributed by atoms with Crippen molar-refractivity contribution in [3.05, 3.63) is 35.7 Å². The van der Waals surface area contributed by atoms with Gasteiger partial charge in [0.05, 0.1) is 27.0 Å². The van der Waals surface area contributed by atoms with Gasteiger partial charge in [-0.15, -0.1) is 5.10 Å². The van der Waals surface area contributed by atoms with Gasteiger partial charge in [0, 0.05) is 11.6 Å². The van der Waals surface area contributed by atoms with E-state index in [2.05, 4.69) is 10.2 Å². The lowest BCUT2D eigenvalue weighted by Gasteiger charge is -2.09. The Labute approximate surface area is 109 Å². The maximum Gasteiger partial charge on any atom is 0.358 e. The van der Waals surface area contributed by atoms with E-state index in [-0.39, 0.29) is 5.69 Å². The lowest BCUT2D eigenvalue weighted by atomic mass is 10.2. The first-order valence-electron chi connectivity index (χ1n) is 5.48. The van der Waals surface area contributed by atoms with Crippen molar-refractivity contribution in [1.82, 2.24) is 15.0 Å². The average molecular weight is 263 g/mol. The number of rotatable bonds is 5. The summed E-state index contributed by atoms with van der Waals surface area (Å²) in [5, 5.41) is 16.5. The lowest BCUT2D eigenvalue weighted by molar-refractivity contribution is 0.0689. The Morgan fingerprint density at radius 1 is 1.37 bits per heavy atom. The molecule has 100 valence electrons. The molecular weight excluding hydrogens is 250 g/mol. The number of benzene rings is 1. The van der Waals surface area contributed by atoms with Crippen LogP contribution in [0.4, 0.5) is 0 Å². The SMILES string of the molecule is COc1ccc(Cn2ncc(C(=O)O)n2)c(OC)c1. The zero-order chi connectivity index (χ0) is 13.8. The van der Waals surface area contributed by atoms with E-state index in [4.69, 9.17) is 14.6 Å². The number of hydrogen-bond donors (Lipinski definition) is 1. The Morgan fingerprint density at radius 3 is 2.74 bits per heavy atom. The molecule has 2 rings (SSSR count). The molecule has 0 aliphatic rings. The third kappa shape index (κ3) is 2.82. The van der Waals surface area contributed by atoms with Crippen LogP contribution in [-0.4, -0.2) is 40.3 Å². The minimum Gasteiger partial charge on any atom is -0.497 e. The molecule has 0 bridgehead atoms. The topological polar surface area (TPSA) is 86.5 Å². The number of carboxylic acids is 1. The van der Waals surface area contributed by atoms with E-state index in [1.807, 2.05) is 6.07 Å². The van der Waals surface area contributed by atoms with Gasteiger partial charge in [-0.3, -0.25) is 0 Å². The molecule has 19 heavy (non-hydrogen) atoms. The van der Waals surface area contributed by atoms with Crippen molar-refractivity contribution in [2.75, 3.05) is 14.2 Å². The Hall–Kier alpha value is -2.57. The molecule has 0 amide bonds. The van der Waals surface area contributed by atoms with Crippen molar-refractivity contribution >= 4 is 5.97 Å². The van der Waals surface area contributed by atoms with Crippen LogP contribution in [0.5, 0.6) is 11.5 Å². The van der Waals surface area contributed by atoms with Crippen LogP contribution in [-0.2, 0) is 6.54 Å². The predicted octanol–water partition coefficient (Wildman–Crippen LogP) is 1.04. The molecule has 7 nitrogen and oxygen atoms in total. The molecule has 1 heterocycles. The summed E-state index contributed by atoms with van der Waals surface area (Å²) in [5.41, 5.74) is 0.739. The minimum atomic E-state index is -1.10. The molecule has 0 saturated carbocycles. The number of aromatic nitrogens is 3. The Bertz CT molecular complexity index is 594. The fourth-order valence-electron chi connectivity index (χ4n) is 1.61. The van der Waals surface area contributed by atoms with Crippen molar-refractivity contribution in [2.45, 2.75) is 6.54 Å². The molecule has 0 atom stereocenters. The maximum absolute atomic E-state index is 10.7. The van der Waals surface area contributed by atoms with Gasteiger partial charge in [0.25, 0.3) is 0 Å². The quantitative estimate of drug-likeness (QED) is 0.867. The van der Waals surface area contributed by atoms with E-state index >= 15 is 0 Å². The molecule has 1 aromatic heterocycles. The van der Waals surface area contributed by atoms with Crippen molar-refractivity contribution in [1.29, 1.82) is 0 Å². The van der Waals surface area contributed by atoms with Crippen LogP contribution in [0.2, 0.25) is 0 Å². The summed E-state index contributed by atoms with van der Waals surface area (Å²) >= 11 is 0. The summed E-state index contributed by atoms with van der Waals surface area (Å²) in [4.78, 5) is 12.0. The van der Waals surface area contributed by atoms with E-state index in [1.165, 1.54) is 11.0 Å². The van der Waals surface area contributed by atoms with E-state index < -0.39 is 5.97 Å². The van der Waals surface area contributed by atoms with Crippen molar-refractivity contribution in [2.24, 2.45) is 0 Å². The zero-order valence-corrected chi connectivity index (χ0v) is 10.5. The summed E-state index contributed by atoms with van der Waals surface area (Å²) in [6.07, 6.45) is 1.21. The molecule has 0 aliphatic carbocycles. The fraction of sp³-hybridized carbons (Fsp3) is 0.250. The highest BCUT2D eigenvalue weighted by molar-refractivity contribution is 5.84. The second-order valence-electron chi connectivity index (χ2n) is 3.74. The maximum atomic E-state index is 10.7. The zero-order valence-electron chi connectivity index (χ0n) is 10.5. The van der Waals surface area contributed by atoms with E-state index in [9.17, 15) is 4.79 Å². The predicted molar refractivity (Wildman–Crippen MR) is 65.6 cm³/mol. The first-order valence-corrected chi connectivity index (χ1v) is 5.48. The number of carbonyl (C=O) groups is 1. The molecule has 0 saturated heterocycles. The molecule has 2 aromatic rings. The summed E-state index contributed by atoms with van der Waals surface area (Å²) in [5.74, 6) is 0.210. The molecule has 0 aliphatic heterocycles. The lowest BCUT2D eigenvalue weighted by Crippen LogP contribution is -2.07. The van der Waals surface area contributed by atoms with Crippen molar-refractivity contribution < 1.29 is 19.4 Å². The van der Waals surface area contributed by atoms with Crippen LogP contribution >= 0.6 is 0 Å². The fourth-order valence-corrected chi connectivity index (χ4v) is 1.61. The highest BCUT2D eigenvalue weighted by Crippen LogP contribution is 2.24. The van der Waals surface area contributed by atoms with Crippen molar-refractivity contribution in [3.8, 4) is 11.5 Å². The van der Waals surface area contributed by atoms with E-state index in [0.29, 0.717) is 18.0 Å². The second-order valence-corrected chi connectivity index (χ2v) is 3.74. The molecule has 0 fully saturated rings. The van der Waals surface area contributed by atoms with Gasteiger partial charge in [0.1, 0.15) is 11.5 Å². The van der Waals surface area contributed by atoms with E-state index in [0.717, 1.165) is 5.56 Å². The Kier molecular flexibility index (Phi) is 3.65. The van der Waals surface area contributed by atoms with Gasteiger partial charge in [-0.2, -0.15) is 9.90 Å². The standard InChI is InChI=1S/C12H13N3O4/c1-18-9-4-3-8(11(5-9)19-2)7-15-13-6-10(14-15)12(16)17/h3-6H,7H2,1-2H3,(H,16,17). The first kappa shape index (κ1) is 12.9.